The molecule has 0 aromatic heterocycles. The summed E-state index contributed by atoms with van der Waals surface area (Å²) in [6.45, 7) is 0. The summed E-state index contributed by atoms with van der Waals surface area (Å²) in [4.78, 5) is 0. The summed E-state index contributed by atoms with van der Waals surface area (Å²) in [7, 11) is 0. The van der Waals surface area contributed by atoms with Crippen molar-refractivity contribution in [1.29, 1.82) is 0 Å². The van der Waals surface area contributed by atoms with Crippen LogP contribution in [0.5, 0.6) is 0 Å². The van der Waals surface area contributed by atoms with Crippen molar-refractivity contribution in [2.45, 2.75) is 0 Å². The maximum Gasteiger partial charge on any atom is 0.296 e. The summed E-state index contributed by atoms with van der Waals surface area (Å²) in [6, 6.07) is 9.04. The predicted octanol–water partition coefficient (Wildman–Crippen LogP) is 0.253. The van der Waals surface area contributed by atoms with Crippen LogP contribution in [0.2, 0.25) is 0 Å². The van der Waals surface area contributed by atoms with Crippen molar-refractivity contribution in [3.8, 4) is 0 Å². The van der Waals surface area contributed by atoms with Gasteiger partial charge in [-0.2, -0.15) is 4.14 Å². The summed E-state index contributed by atoms with van der Waals surface area (Å²) in [5.41, 5.74) is 6.14. The van der Waals surface area contributed by atoms with E-state index < -0.39 is 0 Å². The van der Waals surface area contributed by atoms with E-state index in [1.54, 1.807) is 12.1 Å². The molecule has 0 aliphatic rings. The van der Waals surface area contributed by atoms with E-state index in [0.29, 0.717) is 9.71 Å². The second-order valence-corrected chi connectivity index (χ2v) is 2.37. The Bertz CT molecular complexity index is 272. The molecular formula is C7H8N2OSZn. The molecule has 1 rings (SSSR count). The molecule has 0 unspecified atom stereocenters. The Morgan fingerprint density at radius 2 is 1.83 bits per heavy atom. The van der Waals surface area contributed by atoms with E-state index in [9.17, 15) is 0 Å². The number of benzene rings is 1. The SMILES string of the molecule is NC(c1ccccc1)=[N+](O)[S-].[Zn]. The van der Waals surface area contributed by atoms with Gasteiger partial charge in [-0.15, -0.1) is 0 Å². The summed E-state index contributed by atoms with van der Waals surface area (Å²) in [6.07, 6.45) is 0. The molecule has 0 fully saturated rings. The van der Waals surface area contributed by atoms with Gasteiger partial charge in [-0.3, -0.25) is 5.73 Å². The molecule has 0 spiro atoms. The minimum atomic E-state index is 0. The van der Waals surface area contributed by atoms with Gasteiger partial charge in [-0.05, 0) is 12.1 Å². The summed E-state index contributed by atoms with van der Waals surface area (Å²) in [5.74, 6) is 0.167. The van der Waals surface area contributed by atoms with Crippen LogP contribution in [0.15, 0.2) is 30.3 Å². The average molecular weight is 234 g/mol. The predicted molar refractivity (Wildman–Crippen MR) is 44.2 cm³/mol. The van der Waals surface area contributed by atoms with E-state index in [1.807, 2.05) is 18.2 Å². The van der Waals surface area contributed by atoms with Gasteiger partial charge in [-0.25, -0.2) is 0 Å². The van der Waals surface area contributed by atoms with E-state index >= 15 is 0 Å². The molecule has 0 aliphatic heterocycles. The molecule has 0 atom stereocenters. The number of rotatable bonds is 1. The molecule has 0 heterocycles. The van der Waals surface area contributed by atoms with Crippen molar-refractivity contribution in [1.82, 2.24) is 0 Å². The molecular weight excluding hydrogens is 226 g/mol. The van der Waals surface area contributed by atoms with Crippen LogP contribution in [0.4, 0.5) is 0 Å². The van der Waals surface area contributed by atoms with E-state index in [0.717, 1.165) is 0 Å². The van der Waals surface area contributed by atoms with Gasteiger partial charge in [0.2, 0.25) is 0 Å². The molecule has 0 saturated carbocycles. The standard InChI is InChI=1S/C7H8N2OS.Zn/c8-7(9(10)11)6-4-2-1-3-5-6;/h1-5H,8H2,(H,10,11);. The molecule has 3 nitrogen and oxygen atoms in total. The molecule has 0 saturated heterocycles. The van der Waals surface area contributed by atoms with Crippen LogP contribution in [-0.2, 0) is 32.3 Å². The zero-order chi connectivity index (χ0) is 8.27. The number of amidine groups is 1. The number of hydrogen-bond acceptors (Lipinski definition) is 2. The van der Waals surface area contributed by atoms with E-state index in [4.69, 9.17) is 10.9 Å². The Balaban J connectivity index is 0.00000121. The fourth-order valence-electron chi connectivity index (χ4n) is 0.719. The van der Waals surface area contributed by atoms with Crippen LogP contribution >= 0.6 is 0 Å². The summed E-state index contributed by atoms with van der Waals surface area (Å²) >= 11 is 4.41. The van der Waals surface area contributed by atoms with Crippen molar-refractivity contribution in [2.24, 2.45) is 5.73 Å². The van der Waals surface area contributed by atoms with Crippen LogP contribution in [0.3, 0.4) is 0 Å². The molecule has 0 radical (unpaired) electrons. The zero-order valence-electron chi connectivity index (χ0n) is 6.47. The van der Waals surface area contributed by atoms with Gasteiger partial charge in [0.15, 0.2) is 0 Å². The first-order valence-corrected chi connectivity index (χ1v) is 3.42. The molecule has 60 valence electrons. The normalized spacial score (nSPS) is 11.3. The fraction of sp³-hybridized carbons (Fsp3) is 0. The largest absolute Gasteiger partial charge is 0.508 e. The Hall–Kier alpha value is -0.667. The molecule has 0 bridgehead atoms. The Morgan fingerprint density at radius 1 is 1.33 bits per heavy atom. The first-order valence-electron chi connectivity index (χ1n) is 3.06. The minimum Gasteiger partial charge on any atom is -0.508 e. The van der Waals surface area contributed by atoms with Gasteiger partial charge in [0, 0.05) is 19.5 Å². The van der Waals surface area contributed by atoms with E-state index in [1.165, 1.54) is 0 Å². The fourth-order valence-corrected chi connectivity index (χ4v) is 0.825. The third-order valence-electron chi connectivity index (χ3n) is 1.28. The molecule has 1 aromatic rings. The maximum atomic E-state index is 8.76. The summed E-state index contributed by atoms with van der Waals surface area (Å²) < 4.78 is 0.481. The number of nitrogens with two attached hydrogens (primary N) is 1. The van der Waals surface area contributed by atoms with Crippen LogP contribution in [0.1, 0.15) is 5.56 Å². The molecule has 1 aromatic carbocycles. The van der Waals surface area contributed by atoms with E-state index in [2.05, 4.69) is 12.8 Å². The van der Waals surface area contributed by atoms with Crippen molar-refractivity contribution in [3.05, 3.63) is 35.9 Å². The molecule has 3 N–H and O–H groups in total. The van der Waals surface area contributed by atoms with E-state index in [-0.39, 0.29) is 25.3 Å². The van der Waals surface area contributed by atoms with Crippen molar-refractivity contribution < 1.29 is 28.8 Å². The maximum absolute atomic E-state index is 8.76. The molecule has 0 aliphatic carbocycles. The van der Waals surface area contributed by atoms with Gasteiger partial charge < -0.3 is 18.0 Å². The van der Waals surface area contributed by atoms with Gasteiger partial charge in [0.25, 0.3) is 5.84 Å². The summed E-state index contributed by atoms with van der Waals surface area (Å²) in [5, 5.41) is 8.76. The third kappa shape index (κ3) is 2.76. The molecule has 5 heteroatoms. The van der Waals surface area contributed by atoms with Crippen molar-refractivity contribution >= 4 is 18.7 Å². The Kier molecular flexibility index (Phi) is 4.78. The Labute approximate surface area is 89.2 Å². The first kappa shape index (κ1) is 11.3. The minimum absolute atomic E-state index is 0. The zero-order valence-corrected chi connectivity index (χ0v) is 10.3. The number of hydrogen-bond donors (Lipinski definition) is 2. The topological polar surface area (TPSA) is 49.3 Å². The quantitative estimate of drug-likeness (QED) is 0.139. The van der Waals surface area contributed by atoms with Gasteiger partial charge in [-0.1, -0.05) is 18.2 Å². The average Bonchev–Trinajstić information content (AvgIpc) is 2.05. The van der Waals surface area contributed by atoms with Crippen molar-refractivity contribution in [2.75, 3.05) is 0 Å². The van der Waals surface area contributed by atoms with Crippen molar-refractivity contribution in [3.63, 3.8) is 0 Å². The van der Waals surface area contributed by atoms with Crippen LogP contribution in [0.25, 0.3) is 0 Å². The Morgan fingerprint density at radius 3 is 2.25 bits per heavy atom. The smallest absolute Gasteiger partial charge is 0.296 e. The second kappa shape index (κ2) is 5.06. The third-order valence-corrected chi connectivity index (χ3v) is 1.47. The number of nitrogens with zero attached hydrogens (tertiary/aromatic N) is 1. The van der Waals surface area contributed by atoms with Crippen LogP contribution in [-0.4, -0.2) is 15.2 Å². The first-order chi connectivity index (χ1) is 5.22. The molecule has 0 amide bonds. The van der Waals surface area contributed by atoms with Gasteiger partial charge in [0.1, 0.15) is 0 Å². The van der Waals surface area contributed by atoms with Gasteiger partial charge in [0.05, 0.1) is 5.56 Å². The van der Waals surface area contributed by atoms with Crippen LogP contribution in [0, 0.1) is 0 Å². The van der Waals surface area contributed by atoms with Gasteiger partial charge >= 0.3 is 0 Å². The van der Waals surface area contributed by atoms with Crippen LogP contribution < -0.4 is 5.73 Å². The monoisotopic (exact) mass is 232 g/mol. The second-order valence-electron chi connectivity index (χ2n) is 2.02. The molecule has 12 heavy (non-hydrogen) atoms.